The molecule has 0 aliphatic heterocycles. The molecule has 1 saturated carbocycles. The summed E-state index contributed by atoms with van der Waals surface area (Å²) in [5.41, 5.74) is 0. The number of rotatable bonds is 4. The van der Waals surface area contributed by atoms with Crippen LogP contribution < -0.4 is 0 Å². The summed E-state index contributed by atoms with van der Waals surface area (Å²) in [4.78, 5) is 11.5. The zero-order valence-electron chi connectivity index (χ0n) is 8.64. The minimum atomic E-state index is -0.0584. The fraction of sp³-hybridized carbons (Fsp3) is 0.818. The number of hydrogen-bond acceptors (Lipinski definition) is 2. The zero-order chi connectivity index (χ0) is 9.68. The Morgan fingerprint density at radius 3 is 2.23 bits per heavy atom. The van der Waals surface area contributed by atoms with Gasteiger partial charge in [-0.2, -0.15) is 0 Å². The Kier molecular flexibility index (Phi) is 4.26. The largest absolute Gasteiger partial charge is 0.462 e. The van der Waals surface area contributed by atoms with Crippen LogP contribution in [0.25, 0.3) is 0 Å². The second-order valence-corrected chi connectivity index (χ2v) is 3.62. The molecule has 0 amide bonds. The molecular weight excluding hydrogens is 164 g/mol. The molecule has 1 rings (SSSR count). The Morgan fingerprint density at radius 1 is 1.23 bits per heavy atom. The molecule has 0 atom stereocenters. The normalized spacial score (nSPS) is 18.1. The van der Waals surface area contributed by atoms with E-state index in [1.807, 2.05) is 13.8 Å². The van der Waals surface area contributed by atoms with Gasteiger partial charge < -0.3 is 4.74 Å². The van der Waals surface area contributed by atoms with Gasteiger partial charge in [-0.25, -0.2) is 0 Å². The van der Waals surface area contributed by atoms with Gasteiger partial charge in [-0.1, -0.05) is 13.8 Å². The molecule has 1 aliphatic rings. The number of ether oxygens (including phenoxy) is 1. The molecule has 0 unspecified atom stereocenters. The van der Waals surface area contributed by atoms with Gasteiger partial charge in [0, 0.05) is 0 Å². The van der Waals surface area contributed by atoms with Crippen molar-refractivity contribution in [3.05, 3.63) is 5.92 Å². The van der Waals surface area contributed by atoms with E-state index >= 15 is 0 Å². The molecule has 0 bridgehead atoms. The van der Waals surface area contributed by atoms with Crippen molar-refractivity contribution >= 4 is 5.97 Å². The van der Waals surface area contributed by atoms with Crippen molar-refractivity contribution in [2.24, 2.45) is 0 Å². The SMILES string of the molecule is CC[C](CC)C(=O)OC1CCCC1. The summed E-state index contributed by atoms with van der Waals surface area (Å²) in [6.07, 6.45) is 6.40. The van der Waals surface area contributed by atoms with Crippen molar-refractivity contribution < 1.29 is 9.53 Å². The van der Waals surface area contributed by atoms with Crippen molar-refractivity contribution in [2.45, 2.75) is 58.5 Å². The maximum atomic E-state index is 11.5. The number of hydrogen-bond donors (Lipinski definition) is 0. The molecule has 2 heteroatoms. The summed E-state index contributed by atoms with van der Waals surface area (Å²) >= 11 is 0. The number of carbonyl (C=O) groups excluding carboxylic acids is 1. The van der Waals surface area contributed by atoms with Gasteiger partial charge in [-0.05, 0) is 38.5 Å². The lowest BCUT2D eigenvalue weighted by molar-refractivity contribution is -0.146. The topological polar surface area (TPSA) is 26.3 Å². The van der Waals surface area contributed by atoms with Gasteiger partial charge in [-0.15, -0.1) is 0 Å². The Bertz CT molecular complexity index is 155. The molecule has 0 N–H and O–H groups in total. The zero-order valence-corrected chi connectivity index (χ0v) is 8.64. The van der Waals surface area contributed by atoms with Crippen LogP contribution in [0.1, 0.15) is 52.4 Å². The predicted octanol–water partition coefficient (Wildman–Crippen LogP) is 2.87. The third kappa shape index (κ3) is 3.02. The van der Waals surface area contributed by atoms with Gasteiger partial charge in [0.05, 0.1) is 5.92 Å². The van der Waals surface area contributed by atoms with E-state index in [9.17, 15) is 4.79 Å². The lowest BCUT2D eigenvalue weighted by Crippen LogP contribution is -2.20. The molecule has 13 heavy (non-hydrogen) atoms. The molecule has 0 aromatic heterocycles. The van der Waals surface area contributed by atoms with Crippen molar-refractivity contribution in [3.8, 4) is 0 Å². The number of esters is 1. The lowest BCUT2D eigenvalue weighted by Gasteiger charge is -2.15. The van der Waals surface area contributed by atoms with Crippen LogP contribution in [-0.4, -0.2) is 12.1 Å². The first-order valence-corrected chi connectivity index (χ1v) is 5.33. The molecule has 2 nitrogen and oxygen atoms in total. The molecule has 0 spiro atoms. The average Bonchev–Trinajstić information content (AvgIpc) is 2.59. The third-order valence-electron chi connectivity index (χ3n) is 2.72. The fourth-order valence-corrected chi connectivity index (χ4v) is 1.78. The lowest BCUT2D eigenvalue weighted by atomic mass is 10.0. The van der Waals surface area contributed by atoms with Crippen LogP contribution in [0, 0.1) is 5.92 Å². The van der Waals surface area contributed by atoms with Crippen LogP contribution in [-0.2, 0) is 9.53 Å². The fourth-order valence-electron chi connectivity index (χ4n) is 1.78. The van der Waals surface area contributed by atoms with Crippen LogP contribution in [0.2, 0.25) is 0 Å². The van der Waals surface area contributed by atoms with Gasteiger partial charge >= 0.3 is 5.97 Å². The Hall–Kier alpha value is -0.530. The van der Waals surface area contributed by atoms with Crippen LogP contribution in [0.5, 0.6) is 0 Å². The second-order valence-electron chi connectivity index (χ2n) is 3.62. The van der Waals surface area contributed by atoms with Gasteiger partial charge in [0.25, 0.3) is 0 Å². The Balaban J connectivity index is 2.29. The van der Waals surface area contributed by atoms with Crippen LogP contribution >= 0.6 is 0 Å². The van der Waals surface area contributed by atoms with E-state index in [0.717, 1.165) is 31.6 Å². The Labute approximate surface area is 80.7 Å². The highest BCUT2D eigenvalue weighted by molar-refractivity contribution is 5.84. The van der Waals surface area contributed by atoms with E-state index in [0.29, 0.717) is 0 Å². The van der Waals surface area contributed by atoms with Crippen LogP contribution in [0.3, 0.4) is 0 Å². The minimum absolute atomic E-state index is 0.0584. The van der Waals surface area contributed by atoms with Crippen LogP contribution in [0.15, 0.2) is 0 Å². The first-order valence-electron chi connectivity index (χ1n) is 5.33. The van der Waals surface area contributed by atoms with Gasteiger partial charge in [0.2, 0.25) is 0 Å². The molecule has 0 saturated heterocycles. The third-order valence-corrected chi connectivity index (χ3v) is 2.72. The molecule has 0 aromatic rings. The van der Waals surface area contributed by atoms with E-state index < -0.39 is 0 Å². The predicted molar refractivity (Wildman–Crippen MR) is 52.2 cm³/mol. The minimum Gasteiger partial charge on any atom is -0.462 e. The van der Waals surface area contributed by atoms with Crippen LogP contribution in [0.4, 0.5) is 0 Å². The molecule has 1 radical (unpaired) electrons. The standard InChI is InChI=1S/C11H19O2/c1-3-9(4-2)11(12)13-10-7-5-6-8-10/h10H,3-8H2,1-2H3. The maximum Gasteiger partial charge on any atom is 0.313 e. The molecule has 0 heterocycles. The molecular formula is C11H19O2. The Morgan fingerprint density at radius 2 is 1.77 bits per heavy atom. The van der Waals surface area contributed by atoms with Gasteiger partial charge in [0.1, 0.15) is 6.10 Å². The van der Waals surface area contributed by atoms with Crippen molar-refractivity contribution in [1.29, 1.82) is 0 Å². The van der Waals surface area contributed by atoms with Crippen molar-refractivity contribution in [3.63, 3.8) is 0 Å². The highest BCUT2D eigenvalue weighted by Crippen LogP contribution is 2.23. The molecule has 75 valence electrons. The van der Waals surface area contributed by atoms with Gasteiger partial charge in [-0.3, -0.25) is 4.79 Å². The molecule has 0 aromatic carbocycles. The summed E-state index contributed by atoms with van der Waals surface area (Å²) in [6, 6.07) is 0. The first-order chi connectivity index (χ1) is 6.27. The summed E-state index contributed by atoms with van der Waals surface area (Å²) in [7, 11) is 0. The van der Waals surface area contributed by atoms with Gasteiger partial charge in [0.15, 0.2) is 0 Å². The summed E-state index contributed by atoms with van der Waals surface area (Å²) in [5.74, 6) is 0.865. The smallest absolute Gasteiger partial charge is 0.313 e. The first kappa shape index (κ1) is 10.6. The van der Waals surface area contributed by atoms with E-state index in [4.69, 9.17) is 4.74 Å². The monoisotopic (exact) mass is 183 g/mol. The maximum absolute atomic E-state index is 11.5. The van der Waals surface area contributed by atoms with E-state index in [1.165, 1.54) is 12.8 Å². The quantitative estimate of drug-likeness (QED) is 0.626. The van der Waals surface area contributed by atoms with E-state index in [2.05, 4.69) is 0 Å². The van der Waals surface area contributed by atoms with E-state index in [-0.39, 0.29) is 12.1 Å². The summed E-state index contributed by atoms with van der Waals surface area (Å²) in [5, 5.41) is 0. The highest BCUT2D eigenvalue weighted by atomic mass is 16.5. The molecule has 1 fully saturated rings. The second kappa shape index (κ2) is 5.25. The highest BCUT2D eigenvalue weighted by Gasteiger charge is 2.23. The molecule has 1 aliphatic carbocycles. The van der Waals surface area contributed by atoms with Crippen molar-refractivity contribution in [2.75, 3.05) is 0 Å². The summed E-state index contributed by atoms with van der Waals surface area (Å²) in [6.45, 7) is 4.02. The number of carbonyl (C=O) groups is 1. The van der Waals surface area contributed by atoms with Crippen molar-refractivity contribution in [1.82, 2.24) is 0 Å². The average molecular weight is 183 g/mol. The summed E-state index contributed by atoms with van der Waals surface area (Å²) < 4.78 is 5.38. The van der Waals surface area contributed by atoms with E-state index in [1.54, 1.807) is 0 Å².